The van der Waals surface area contributed by atoms with Crippen molar-refractivity contribution in [2.75, 3.05) is 13.1 Å². The molecule has 1 fully saturated rings. The molecule has 0 radical (unpaired) electrons. The summed E-state index contributed by atoms with van der Waals surface area (Å²) in [6.45, 7) is 1.40. The van der Waals surface area contributed by atoms with Crippen molar-refractivity contribution in [2.24, 2.45) is 11.7 Å². The Morgan fingerprint density at radius 2 is 1.96 bits per heavy atom. The van der Waals surface area contributed by atoms with E-state index in [0.717, 1.165) is 0 Å². The third kappa shape index (κ3) is 3.87. The first-order chi connectivity index (χ1) is 12.5. The van der Waals surface area contributed by atoms with E-state index in [0.29, 0.717) is 62.0 Å². The van der Waals surface area contributed by atoms with Crippen LogP contribution in [0, 0.1) is 5.92 Å². The van der Waals surface area contributed by atoms with Crippen molar-refractivity contribution in [3.8, 4) is 0 Å². The summed E-state index contributed by atoms with van der Waals surface area (Å²) in [7, 11) is 0. The maximum atomic E-state index is 12.3. The van der Waals surface area contributed by atoms with Crippen LogP contribution in [0.1, 0.15) is 32.1 Å². The molecular formula is C17H22N4O4S. The number of carbonyl (C=O) groups excluding carboxylic acids is 2. The number of hydrogen-bond acceptors (Lipinski definition) is 5. The van der Waals surface area contributed by atoms with E-state index in [1.54, 1.807) is 16.3 Å². The number of thiophene rings is 1. The zero-order valence-corrected chi connectivity index (χ0v) is 15.2. The van der Waals surface area contributed by atoms with Gasteiger partial charge in [0, 0.05) is 32.0 Å². The van der Waals surface area contributed by atoms with E-state index in [-0.39, 0.29) is 23.3 Å². The van der Waals surface area contributed by atoms with Gasteiger partial charge in [0.2, 0.25) is 11.8 Å². The van der Waals surface area contributed by atoms with Crippen molar-refractivity contribution in [2.45, 2.75) is 38.6 Å². The predicted molar refractivity (Wildman–Crippen MR) is 99.1 cm³/mol. The lowest BCUT2D eigenvalue weighted by Gasteiger charge is -2.30. The molecule has 1 saturated heterocycles. The Kier molecular flexibility index (Phi) is 5.55. The Balaban J connectivity index is 1.49. The van der Waals surface area contributed by atoms with Crippen molar-refractivity contribution in [3.05, 3.63) is 32.3 Å². The van der Waals surface area contributed by atoms with Crippen molar-refractivity contribution in [1.82, 2.24) is 14.5 Å². The van der Waals surface area contributed by atoms with Crippen LogP contribution in [0.25, 0.3) is 10.2 Å². The second kappa shape index (κ2) is 7.86. The number of piperidine rings is 1. The Morgan fingerprint density at radius 1 is 1.23 bits per heavy atom. The lowest BCUT2D eigenvalue weighted by Crippen LogP contribution is -2.41. The molecule has 0 saturated carbocycles. The number of amides is 2. The summed E-state index contributed by atoms with van der Waals surface area (Å²) < 4.78 is 1.74. The van der Waals surface area contributed by atoms with Gasteiger partial charge in [0.1, 0.15) is 4.70 Å². The van der Waals surface area contributed by atoms with Crippen LogP contribution in [0.5, 0.6) is 0 Å². The number of likely N-dealkylation sites (tertiary alicyclic amines) is 1. The standard InChI is InChI=1S/C17H22N4O4S/c18-15(23)11-4-8-20(9-5-11)13(22)3-1-2-7-21-16(24)14-12(6-10-26-14)19-17(21)25/h6,10-11H,1-5,7-9H2,(H2,18,23)(H,19,25). The first-order valence-electron chi connectivity index (χ1n) is 8.75. The van der Waals surface area contributed by atoms with E-state index < -0.39 is 5.69 Å². The fourth-order valence-corrected chi connectivity index (χ4v) is 4.09. The normalized spacial score (nSPS) is 15.5. The largest absolute Gasteiger partial charge is 0.369 e. The van der Waals surface area contributed by atoms with Crippen LogP contribution < -0.4 is 17.0 Å². The molecule has 3 heterocycles. The first kappa shape index (κ1) is 18.4. The van der Waals surface area contributed by atoms with Crippen molar-refractivity contribution < 1.29 is 9.59 Å². The minimum Gasteiger partial charge on any atom is -0.369 e. The zero-order valence-electron chi connectivity index (χ0n) is 14.4. The number of aromatic amines is 1. The third-order valence-electron chi connectivity index (χ3n) is 4.86. The van der Waals surface area contributed by atoms with Crippen molar-refractivity contribution in [1.29, 1.82) is 0 Å². The molecule has 2 aromatic heterocycles. The molecule has 26 heavy (non-hydrogen) atoms. The average molecular weight is 378 g/mol. The van der Waals surface area contributed by atoms with Gasteiger partial charge in [0.15, 0.2) is 0 Å². The Labute approximate surface area is 153 Å². The topological polar surface area (TPSA) is 118 Å². The monoisotopic (exact) mass is 378 g/mol. The smallest absolute Gasteiger partial charge is 0.328 e. The molecule has 3 N–H and O–H groups in total. The number of aromatic nitrogens is 2. The number of carbonyl (C=O) groups is 2. The lowest BCUT2D eigenvalue weighted by molar-refractivity contribution is -0.135. The van der Waals surface area contributed by atoms with Gasteiger partial charge >= 0.3 is 5.69 Å². The molecule has 3 rings (SSSR count). The summed E-state index contributed by atoms with van der Waals surface area (Å²) in [5.41, 5.74) is 5.17. The Morgan fingerprint density at radius 3 is 2.65 bits per heavy atom. The van der Waals surface area contributed by atoms with Crippen molar-refractivity contribution in [3.63, 3.8) is 0 Å². The minimum atomic E-state index is -0.416. The summed E-state index contributed by atoms with van der Waals surface area (Å²) in [4.78, 5) is 52.2. The molecule has 0 spiro atoms. The van der Waals surface area contributed by atoms with E-state index in [9.17, 15) is 19.2 Å². The summed E-state index contributed by atoms with van der Waals surface area (Å²) in [5, 5.41) is 1.77. The van der Waals surface area contributed by atoms with E-state index in [2.05, 4.69) is 4.98 Å². The molecule has 2 amide bonds. The highest BCUT2D eigenvalue weighted by Crippen LogP contribution is 2.18. The number of primary amides is 1. The van der Waals surface area contributed by atoms with Crippen LogP contribution >= 0.6 is 11.3 Å². The van der Waals surface area contributed by atoms with Gasteiger partial charge in [-0.1, -0.05) is 0 Å². The van der Waals surface area contributed by atoms with Crippen LogP contribution in [0.4, 0.5) is 0 Å². The van der Waals surface area contributed by atoms with Crippen molar-refractivity contribution >= 4 is 33.4 Å². The number of nitrogens with two attached hydrogens (primary N) is 1. The van der Waals surface area contributed by atoms with Crippen LogP contribution in [0.3, 0.4) is 0 Å². The summed E-state index contributed by atoms with van der Waals surface area (Å²) in [5.74, 6) is -0.386. The molecule has 0 unspecified atom stereocenters. The highest BCUT2D eigenvalue weighted by Gasteiger charge is 2.25. The summed E-state index contributed by atoms with van der Waals surface area (Å²) in [6.07, 6.45) is 2.78. The van der Waals surface area contributed by atoms with Gasteiger partial charge in [0.05, 0.1) is 5.52 Å². The Bertz CT molecular complexity index is 921. The van der Waals surface area contributed by atoms with Gasteiger partial charge in [-0.25, -0.2) is 4.79 Å². The number of rotatable bonds is 6. The molecule has 0 aromatic carbocycles. The summed E-state index contributed by atoms with van der Waals surface area (Å²) in [6, 6.07) is 1.72. The van der Waals surface area contributed by atoms with Gasteiger partial charge in [-0.3, -0.25) is 19.0 Å². The molecule has 0 atom stereocenters. The Hall–Kier alpha value is -2.42. The van der Waals surface area contributed by atoms with E-state index in [4.69, 9.17) is 5.73 Å². The van der Waals surface area contributed by atoms with E-state index in [1.807, 2.05) is 0 Å². The van der Waals surface area contributed by atoms with Crippen LogP contribution in [-0.4, -0.2) is 39.4 Å². The molecular weight excluding hydrogens is 356 g/mol. The minimum absolute atomic E-state index is 0.0443. The number of H-pyrrole nitrogens is 1. The van der Waals surface area contributed by atoms with Crippen LogP contribution in [0.15, 0.2) is 21.0 Å². The average Bonchev–Trinajstić information content (AvgIpc) is 3.09. The molecule has 0 aliphatic carbocycles. The molecule has 9 heteroatoms. The lowest BCUT2D eigenvalue weighted by atomic mass is 9.96. The van der Waals surface area contributed by atoms with Gasteiger partial charge in [0.25, 0.3) is 5.56 Å². The van der Waals surface area contributed by atoms with Gasteiger partial charge in [-0.15, -0.1) is 11.3 Å². The van der Waals surface area contributed by atoms with Gasteiger partial charge in [-0.2, -0.15) is 0 Å². The maximum absolute atomic E-state index is 12.3. The number of nitrogens with zero attached hydrogens (tertiary/aromatic N) is 2. The predicted octanol–water partition coefficient (Wildman–Crippen LogP) is 0.645. The maximum Gasteiger partial charge on any atom is 0.328 e. The molecule has 2 aromatic rings. The van der Waals surface area contributed by atoms with E-state index in [1.165, 1.54) is 15.9 Å². The molecule has 0 bridgehead atoms. The number of fused-ring (bicyclic) bond motifs is 1. The number of unbranched alkanes of at least 4 members (excludes halogenated alkanes) is 1. The quantitative estimate of drug-likeness (QED) is 0.717. The number of hydrogen-bond donors (Lipinski definition) is 2. The van der Waals surface area contributed by atoms with Crippen LogP contribution in [-0.2, 0) is 16.1 Å². The van der Waals surface area contributed by atoms with Gasteiger partial charge in [-0.05, 0) is 37.1 Å². The third-order valence-corrected chi connectivity index (χ3v) is 5.77. The molecule has 8 nitrogen and oxygen atoms in total. The second-order valence-corrected chi connectivity index (χ2v) is 7.48. The first-order valence-corrected chi connectivity index (χ1v) is 9.62. The molecule has 1 aliphatic heterocycles. The highest BCUT2D eigenvalue weighted by atomic mass is 32.1. The van der Waals surface area contributed by atoms with E-state index >= 15 is 0 Å². The van der Waals surface area contributed by atoms with Gasteiger partial charge < -0.3 is 15.6 Å². The number of nitrogens with one attached hydrogen (secondary N) is 1. The van der Waals surface area contributed by atoms with Crippen LogP contribution in [0.2, 0.25) is 0 Å². The SMILES string of the molecule is NC(=O)C1CCN(C(=O)CCCCn2c(=O)[nH]c3ccsc3c2=O)CC1. The highest BCUT2D eigenvalue weighted by molar-refractivity contribution is 7.17. The molecule has 140 valence electrons. The molecule has 1 aliphatic rings. The fraction of sp³-hybridized carbons (Fsp3) is 0.529. The second-order valence-electron chi connectivity index (χ2n) is 6.56. The zero-order chi connectivity index (χ0) is 18.7. The fourth-order valence-electron chi connectivity index (χ4n) is 3.29. The summed E-state index contributed by atoms with van der Waals surface area (Å²) >= 11 is 1.30.